The van der Waals surface area contributed by atoms with Crippen LogP contribution in [0.2, 0.25) is 0 Å². The molecule has 0 saturated heterocycles. The van der Waals surface area contributed by atoms with E-state index in [0.717, 1.165) is 0 Å². The number of rotatable bonds is 5. The lowest BCUT2D eigenvalue weighted by molar-refractivity contribution is -0.139. The molecule has 0 N–H and O–H groups in total. The molecule has 0 heterocycles. The Kier molecular flexibility index (Phi) is 5.98. The zero-order chi connectivity index (χ0) is 8.53. The number of hydrogen-bond donors (Lipinski definition) is 0. The van der Waals surface area contributed by atoms with Crippen LogP contribution < -0.4 is 0 Å². The SMILES string of the molecule is CC(=O)OCC=CCOC=O. The summed E-state index contributed by atoms with van der Waals surface area (Å²) in [5.41, 5.74) is 0. The molecule has 0 aromatic rings. The highest BCUT2D eigenvalue weighted by molar-refractivity contribution is 5.65. The Morgan fingerprint density at radius 1 is 1.36 bits per heavy atom. The second kappa shape index (κ2) is 6.80. The van der Waals surface area contributed by atoms with Crippen molar-refractivity contribution in [3.05, 3.63) is 12.2 Å². The van der Waals surface area contributed by atoms with Crippen LogP contribution in [0.25, 0.3) is 0 Å². The van der Waals surface area contributed by atoms with Crippen LogP contribution in [0, 0.1) is 0 Å². The molecule has 0 radical (unpaired) electrons. The van der Waals surface area contributed by atoms with Crippen molar-refractivity contribution in [3.63, 3.8) is 0 Å². The fourth-order valence-electron chi connectivity index (χ4n) is 0.396. The molecule has 0 unspecified atom stereocenters. The molecule has 0 amide bonds. The monoisotopic (exact) mass is 158 g/mol. The summed E-state index contributed by atoms with van der Waals surface area (Å²) in [4.78, 5) is 19.8. The number of esters is 1. The van der Waals surface area contributed by atoms with Crippen molar-refractivity contribution < 1.29 is 19.1 Å². The molecule has 0 aromatic heterocycles. The quantitative estimate of drug-likeness (QED) is 0.249. The van der Waals surface area contributed by atoms with Crippen LogP contribution in [-0.2, 0) is 19.1 Å². The van der Waals surface area contributed by atoms with Crippen LogP contribution in [0.1, 0.15) is 6.92 Å². The molecule has 4 nitrogen and oxygen atoms in total. The van der Waals surface area contributed by atoms with Crippen molar-refractivity contribution in [3.8, 4) is 0 Å². The van der Waals surface area contributed by atoms with E-state index in [-0.39, 0.29) is 19.2 Å². The van der Waals surface area contributed by atoms with Crippen molar-refractivity contribution in [2.45, 2.75) is 6.92 Å². The molecule has 0 spiro atoms. The van der Waals surface area contributed by atoms with Crippen molar-refractivity contribution in [2.75, 3.05) is 13.2 Å². The van der Waals surface area contributed by atoms with Gasteiger partial charge in [0.15, 0.2) is 0 Å². The van der Waals surface area contributed by atoms with Crippen LogP contribution in [0.15, 0.2) is 12.2 Å². The first-order valence-corrected chi connectivity index (χ1v) is 3.11. The zero-order valence-electron chi connectivity index (χ0n) is 6.28. The van der Waals surface area contributed by atoms with Crippen LogP contribution >= 0.6 is 0 Å². The van der Waals surface area contributed by atoms with Crippen LogP contribution in [0.3, 0.4) is 0 Å². The number of carbonyl (C=O) groups excluding carboxylic acids is 2. The Morgan fingerprint density at radius 2 is 2.00 bits per heavy atom. The molecule has 4 heteroatoms. The maximum atomic E-state index is 10.2. The number of hydrogen-bond acceptors (Lipinski definition) is 4. The summed E-state index contributed by atoms with van der Waals surface area (Å²) in [6, 6.07) is 0. The molecule has 0 saturated carbocycles. The molecular weight excluding hydrogens is 148 g/mol. The maximum absolute atomic E-state index is 10.2. The van der Waals surface area contributed by atoms with E-state index in [1.54, 1.807) is 12.2 Å². The minimum atomic E-state index is -0.328. The third-order valence-corrected chi connectivity index (χ3v) is 0.810. The van der Waals surface area contributed by atoms with E-state index in [1.807, 2.05) is 0 Å². The van der Waals surface area contributed by atoms with Gasteiger partial charge in [-0.15, -0.1) is 0 Å². The Bertz CT molecular complexity index is 151. The second-order valence-electron chi connectivity index (χ2n) is 1.70. The van der Waals surface area contributed by atoms with Gasteiger partial charge in [0.1, 0.15) is 13.2 Å². The molecule has 0 atom stereocenters. The first kappa shape index (κ1) is 9.68. The lowest BCUT2D eigenvalue weighted by Crippen LogP contribution is -1.97. The van der Waals surface area contributed by atoms with E-state index in [2.05, 4.69) is 9.47 Å². The first-order valence-electron chi connectivity index (χ1n) is 3.11. The highest BCUT2D eigenvalue weighted by Gasteiger charge is 1.85. The van der Waals surface area contributed by atoms with Crippen molar-refractivity contribution in [1.29, 1.82) is 0 Å². The molecule has 0 aliphatic carbocycles. The molecule has 0 fully saturated rings. The predicted octanol–water partition coefficient (Wildman–Crippen LogP) is 0.279. The molecular formula is C7H10O4. The van der Waals surface area contributed by atoms with Crippen LogP contribution in [0.4, 0.5) is 0 Å². The van der Waals surface area contributed by atoms with Gasteiger partial charge in [-0.05, 0) is 12.2 Å². The molecule has 62 valence electrons. The second-order valence-corrected chi connectivity index (χ2v) is 1.70. The number of ether oxygens (including phenoxy) is 2. The van der Waals surface area contributed by atoms with Gasteiger partial charge in [-0.2, -0.15) is 0 Å². The van der Waals surface area contributed by atoms with Gasteiger partial charge in [0.25, 0.3) is 6.47 Å². The van der Waals surface area contributed by atoms with Gasteiger partial charge >= 0.3 is 5.97 Å². The lowest BCUT2D eigenvalue weighted by atomic mass is 10.5. The average Bonchev–Trinajstić information content (AvgIpc) is 1.96. The lowest BCUT2D eigenvalue weighted by Gasteiger charge is -1.93. The highest BCUT2D eigenvalue weighted by atomic mass is 16.5. The third kappa shape index (κ3) is 8.68. The highest BCUT2D eigenvalue weighted by Crippen LogP contribution is 1.79. The zero-order valence-corrected chi connectivity index (χ0v) is 6.28. The van der Waals surface area contributed by atoms with Gasteiger partial charge < -0.3 is 9.47 Å². The minimum absolute atomic E-state index is 0.213. The van der Waals surface area contributed by atoms with Gasteiger partial charge in [-0.1, -0.05) is 0 Å². The standard InChI is InChI=1S/C7H10O4/c1-7(9)11-5-3-2-4-10-6-8/h2-3,6H,4-5H2,1H3. The van der Waals surface area contributed by atoms with E-state index >= 15 is 0 Å². The van der Waals surface area contributed by atoms with Gasteiger partial charge in [-0.3, -0.25) is 9.59 Å². The summed E-state index contributed by atoms with van der Waals surface area (Å²) in [5, 5.41) is 0. The number of carbonyl (C=O) groups is 2. The summed E-state index contributed by atoms with van der Waals surface area (Å²) in [7, 11) is 0. The molecule has 0 aliphatic heterocycles. The molecule has 0 bridgehead atoms. The molecule has 0 aromatic carbocycles. The summed E-state index contributed by atoms with van der Waals surface area (Å²) >= 11 is 0. The van der Waals surface area contributed by atoms with E-state index in [9.17, 15) is 9.59 Å². The minimum Gasteiger partial charge on any atom is -0.464 e. The van der Waals surface area contributed by atoms with E-state index in [1.165, 1.54) is 6.92 Å². The third-order valence-electron chi connectivity index (χ3n) is 0.810. The van der Waals surface area contributed by atoms with Crippen molar-refractivity contribution >= 4 is 12.4 Å². The summed E-state index contributed by atoms with van der Waals surface area (Å²) < 4.78 is 8.89. The van der Waals surface area contributed by atoms with Gasteiger partial charge in [0.05, 0.1) is 0 Å². The summed E-state index contributed by atoms with van der Waals surface area (Å²) in [5.74, 6) is -0.328. The van der Waals surface area contributed by atoms with Crippen molar-refractivity contribution in [1.82, 2.24) is 0 Å². The van der Waals surface area contributed by atoms with E-state index in [4.69, 9.17) is 0 Å². The Hall–Kier alpha value is -1.32. The van der Waals surface area contributed by atoms with Gasteiger partial charge in [-0.25, -0.2) is 0 Å². The largest absolute Gasteiger partial charge is 0.464 e. The normalized spacial score (nSPS) is 9.55. The Morgan fingerprint density at radius 3 is 2.55 bits per heavy atom. The van der Waals surface area contributed by atoms with Gasteiger partial charge in [0.2, 0.25) is 0 Å². The smallest absolute Gasteiger partial charge is 0.302 e. The Labute approximate surface area is 64.8 Å². The predicted molar refractivity (Wildman–Crippen MR) is 37.8 cm³/mol. The fraction of sp³-hybridized carbons (Fsp3) is 0.429. The molecule has 0 aliphatic rings. The van der Waals surface area contributed by atoms with Crippen LogP contribution in [-0.4, -0.2) is 25.7 Å². The van der Waals surface area contributed by atoms with E-state index < -0.39 is 0 Å². The van der Waals surface area contributed by atoms with Gasteiger partial charge in [0, 0.05) is 6.92 Å². The van der Waals surface area contributed by atoms with E-state index in [0.29, 0.717) is 6.47 Å². The summed E-state index contributed by atoms with van der Waals surface area (Å²) in [6.07, 6.45) is 3.20. The average molecular weight is 158 g/mol. The Balaban J connectivity index is 3.16. The molecule has 0 rings (SSSR count). The topological polar surface area (TPSA) is 52.6 Å². The fourth-order valence-corrected chi connectivity index (χ4v) is 0.396. The molecule has 11 heavy (non-hydrogen) atoms. The van der Waals surface area contributed by atoms with Crippen molar-refractivity contribution in [2.24, 2.45) is 0 Å². The summed E-state index contributed by atoms with van der Waals surface area (Å²) in [6.45, 7) is 2.12. The maximum Gasteiger partial charge on any atom is 0.302 e. The van der Waals surface area contributed by atoms with Crippen LogP contribution in [0.5, 0.6) is 0 Å². The first-order chi connectivity index (χ1) is 5.27.